The largest absolute Gasteiger partial charge is 0.467 e. The average Bonchev–Trinajstić information content (AvgIpc) is 3.24. The molecule has 0 N–H and O–H groups in total. The van der Waals surface area contributed by atoms with E-state index in [2.05, 4.69) is 4.98 Å². The standard InChI is InChI=1S/C21H19ClN4O2/c1-28-21(27)18-5-3-11-26(18)19-12-17(14-6-8-16(22)9-7-14)24-20(25-19)15-4-2-10-23-13-15/h2,4,6-10,12-13,18H,3,5,11H2,1H3/t18-/m0/s1. The molecular weight excluding hydrogens is 376 g/mol. The summed E-state index contributed by atoms with van der Waals surface area (Å²) in [7, 11) is 1.42. The monoisotopic (exact) mass is 394 g/mol. The second-order valence-corrected chi connectivity index (χ2v) is 6.99. The minimum absolute atomic E-state index is 0.243. The van der Waals surface area contributed by atoms with E-state index in [-0.39, 0.29) is 12.0 Å². The molecule has 7 heteroatoms. The van der Waals surface area contributed by atoms with E-state index in [9.17, 15) is 4.79 Å². The van der Waals surface area contributed by atoms with Crippen LogP contribution in [0.4, 0.5) is 5.82 Å². The van der Waals surface area contributed by atoms with Crippen molar-refractivity contribution in [3.63, 3.8) is 0 Å². The normalized spacial score (nSPS) is 16.2. The fourth-order valence-corrected chi connectivity index (χ4v) is 3.52. The Hall–Kier alpha value is -2.99. The van der Waals surface area contributed by atoms with Gasteiger partial charge < -0.3 is 9.64 Å². The van der Waals surface area contributed by atoms with Crippen LogP contribution in [0.3, 0.4) is 0 Å². The second kappa shape index (κ2) is 7.94. The number of benzene rings is 1. The molecule has 0 bridgehead atoms. The van der Waals surface area contributed by atoms with E-state index in [0.29, 0.717) is 16.7 Å². The molecule has 28 heavy (non-hydrogen) atoms. The Bertz CT molecular complexity index is 979. The van der Waals surface area contributed by atoms with Crippen LogP contribution in [0.15, 0.2) is 54.9 Å². The predicted octanol–water partition coefficient (Wildman–Crippen LogP) is 4.00. The molecule has 1 atom stereocenters. The SMILES string of the molecule is COC(=O)[C@@H]1CCCN1c1cc(-c2ccc(Cl)cc2)nc(-c2cccnc2)n1. The quantitative estimate of drug-likeness (QED) is 0.623. The highest BCUT2D eigenvalue weighted by Crippen LogP contribution is 2.30. The van der Waals surface area contributed by atoms with Crippen LogP contribution in [0.25, 0.3) is 22.6 Å². The first-order chi connectivity index (χ1) is 13.7. The number of ether oxygens (including phenoxy) is 1. The number of carbonyl (C=O) groups excluding carboxylic acids is 1. The number of carbonyl (C=O) groups is 1. The first-order valence-electron chi connectivity index (χ1n) is 9.05. The Morgan fingerprint density at radius 3 is 2.71 bits per heavy atom. The van der Waals surface area contributed by atoms with Crippen LogP contribution in [0, 0.1) is 0 Å². The van der Waals surface area contributed by atoms with E-state index < -0.39 is 0 Å². The summed E-state index contributed by atoms with van der Waals surface area (Å²) in [5, 5.41) is 0.663. The molecule has 1 aromatic carbocycles. The third-order valence-corrected chi connectivity index (χ3v) is 5.04. The lowest BCUT2D eigenvalue weighted by Gasteiger charge is -2.24. The lowest BCUT2D eigenvalue weighted by molar-refractivity contribution is -0.141. The summed E-state index contributed by atoms with van der Waals surface area (Å²) >= 11 is 6.03. The van der Waals surface area contributed by atoms with Gasteiger partial charge in [-0.05, 0) is 37.1 Å². The van der Waals surface area contributed by atoms with Crippen molar-refractivity contribution in [2.24, 2.45) is 0 Å². The molecule has 2 aromatic heterocycles. The zero-order valence-electron chi connectivity index (χ0n) is 15.4. The zero-order chi connectivity index (χ0) is 19.5. The van der Waals surface area contributed by atoms with Gasteiger partial charge in [0.2, 0.25) is 0 Å². The summed E-state index contributed by atoms with van der Waals surface area (Å²) in [4.78, 5) is 27.8. The maximum atomic E-state index is 12.2. The van der Waals surface area contributed by atoms with Gasteiger partial charge in [0, 0.05) is 41.2 Å². The van der Waals surface area contributed by atoms with E-state index in [1.54, 1.807) is 12.4 Å². The molecule has 6 nitrogen and oxygen atoms in total. The summed E-state index contributed by atoms with van der Waals surface area (Å²) in [5.74, 6) is 1.02. The van der Waals surface area contributed by atoms with E-state index in [1.807, 2.05) is 47.4 Å². The summed E-state index contributed by atoms with van der Waals surface area (Å²) in [6.45, 7) is 0.739. The van der Waals surface area contributed by atoms with Gasteiger partial charge in [0.1, 0.15) is 11.9 Å². The van der Waals surface area contributed by atoms with Gasteiger partial charge in [0.15, 0.2) is 5.82 Å². The summed E-state index contributed by atoms with van der Waals surface area (Å²) in [6, 6.07) is 12.8. The van der Waals surface area contributed by atoms with Gasteiger partial charge in [-0.2, -0.15) is 0 Å². The van der Waals surface area contributed by atoms with Crippen LogP contribution < -0.4 is 4.90 Å². The van der Waals surface area contributed by atoms with Gasteiger partial charge in [-0.25, -0.2) is 14.8 Å². The zero-order valence-corrected chi connectivity index (χ0v) is 16.1. The summed E-state index contributed by atoms with van der Waals surface area (Å²) < 4.78 is 4.98. The Kier molecular flexibility index (Phi) is 5.21. The van der Waals surface area contributed by atoms with Crippen LogP contribution in [0.2, 0.25) is 5.02 Å². The van der Waals surface area contributed by atoms with Crippen LogP contribution >= 0.6 is 11.6 Å². The maximum Gasteiger partial charge on any atom is 0.328 e. The molecule has 1 fully saturated rings. The van der Waals surface area contributed by atoms with Crippen LogP contribution in [0.5, 0.6) is 0 Å². The topological polar surface area (TPSA) is 68.2 Å². The lowest BCUT2D eigenvalue weighted by atomic mass is 10.1. The van der Waals surface area contributed by atoms with Crippen molar-refractivity contribution in [2.75, 3.05) is 18.6 Å². The molecule has 0 spiro atoms. The van der Waals surface area contributed by atoms with Gasteiger partial charge in [-0.1, -0.05) is 23.7 Å². The number of pyridine rings is 1. The number of hydrogen-bond acceptors (Lipinski definition) is 6. The molecule has 0 saturated carbocycles. The third kappa shape index (κ3) is 3.68. The molecule has 0 aliphatic carbocycles. The molecule has 3 aromatic rings. The first-order valence-corrected chi connectivity index (χ1v) is 9.43. The van der Waals surface area contributed by atoms with Gasteiger partial charge in [0.25, 0.3) is 0 Å². The highest BCUT2D eigenvalue weighted by Gasteiger charge is 2.33. The molecule has 142 valence electrons. The van der Waals surface area contributed by atoms with E-state index >= 15 is 0 Å². The van der Waals surface area contributed by atoms with Crippen molar-refractivity contribution >= 4 is 23.4 Å². The fraction of sp³-hybridized carbons (Fsp3) is 0.238. The van der Waals surface area contributed by atoms with E-state index in [1.165, 1.54) is 7.11 Å². The van der Waals surface area contributed by atoms with E-state index in [0.717, 1.165) is 36.2 Å². The Morgan fingerprint density at radius 1 is 1.18 bits per heavy atom. The number of rotatable bonds is 4. The third-order valence-electron chi connectivity index (χ3n) is 4.79. The average molecular weight is 395 g/mol. The Balaban J connectivity index is 1.82. The van der Waals surface area contributed by atoms with Crippen LogP contribution in [0.1, 0.15) is 12.8 Å². The second-order valence-electron chi connectivity index (χ2n) is 6.56. The number of nitrogens with zero attached hydrogens (tertiary/aromatic N) is 4. The molecule has 0 unspecified atom stereocenters. The molecule has 3 heterocycles. The van der Waals surface area contributed by atoms with Crippen molar-refractivity contribution in [1.29, 1.82) is 0 Å². The number of anilines is 1. The van der Waals surface area contributed by atoms with Gasteiger partial charge in [0.05, 0.1) is 12.8 Å². The molecule has 4 rings (SSSR count). The molecular formula is C21H19ClN4O2. The summed E-state index contributed by atoms with van der Waals surface area (Å²) in [5.41, 5.74) is 2.50. The smallest absolute Gasteiger partial charge is 0.328 e. The van der Waals surface area contributed by atoms with Gasteiger partial charge in [-0.15, -0.1) is 0 Å². The molecule has 0 radical (unpaired) electrons. The lowest BCUT2D eigenvalue weighted by Crippen LogP contribution is -2.37. The maximum absolute atomic E-state index is 12.2. The molecule has 1 saturated heterocycles. The van der Waals surface area contributed by atoms with Gasteiger partial charge >= 0.3 is 5.97 Å². The van der Waals surface area contributed by atoms with Crippen LogP contribution in [-0.2, 0) is 9.53 Å². The number of aromatic nitrogens is 3. The summed E-state index contributed by atoms with van der Waals surface area (Å²) in [6.07, 6.45) is 5.09. The minimum Gasteiger partial charge on any atom is -0.467 e. The fourth-order valence-electron chi connectivity index (χ4n) is 3.40. The molecule has 1 aliphatic heterocycles. The molecule has 1 aliphatic rings. The van der Waals surface area contributed by atoms with Crippen molar-refractivity contribution in [3.05, 3.63) is 59.9 Å². The molecule has 0 amide bonds. The van der Waals surface area contributed by atoms with Crippen molar-refractivity contribution in [3.8, 4) is 22.6 Å². The Labute approximate surface area is 168 Å². The minimum atomic E-state index is -0.334. The highest BCUT2D eigenvalue weighted by molar-refractivity contribution is 6.30. The highest BCUT2D eigenvalue weighted by atomic mass is 35.5. The number of esters is 1. The van der Waals surface area contributed by atoms with Gasteiger partial charge in [-0.3, -0.25) is 4.98 Å². The van der Waals surface area contributed by atoms with Crippen molar-refractivity contribution < 1.29 is 9.53 Å². The Morgan fingerprint density at radius 2 is 2.00 bits per heavy atom. The van der Waals surface area contributed by atoms with E-state index in [4.69, 9.17) is 26.3 Å². The van der Waals surface area contributed by atoms with Crippen LogP contribution in [-0.4, -0.2) is 40.6 Å². The first kappa shape index (κ1) is 18.4. The predicted molar refractivity (Wildman–Crippen MR) is 108 cm³/mol. The van der Waals surface area contributed by atoms with Crippen molar-refractivity contribution in [1.82, 2.24) is 15.0 Å². The van der Waals surface area contributed by atoms with Crippen molar-refractivity contribution in [2.45, 2.75) is 18.9 Å². The number of hydrogen-bond donors (Lipinski definition) is 0. The number of methoxy groups -OCH3 is 1. The number of halogens is 1.